The van der Waals surface area contributed by atoms with Crippen molar-refractivity contribution in [1.82, 2.24) is 0 Å². The lowest BCUT2D eigenvalue weighted by molar-refractivity contribution is 0.732. The van der Waals surface area contributed by atoms with Gasteiger partial charge < -0.3 is 0 Å². The Morgan fingerprint density at radius 3 is 1.65 bits per heavy atom. The highest BCUT2D eigenvalue weighted by Gasteiger charge is 2.49. The molecule has 3 heteroatoms. The first-order valence-corrected chi connectivity index (χ1v) is 16.7. The number of fused-ring (bicyclic) bond motifs is 1. The molecule has 2 aliphatic rings. The number of rotatable bonds is 6. The molecule has 4 aromatic carbocycles. The Morgan fingerprint density at radius 1 is 0.568 bits per heavy atom. The van der Waals surface area contributed by atoms with Gasteiger partial charge in [0.05, 0.1) is 5.16 Å². The molecule has 0 spiro atoms. The van der Waals surface area contributed by atoms with Gasteiger partial charge in [-0.1, -0.05) is 181 Å². The number of allylic oxidation sites excluding steroid dienone is 4. The molecular formula is C34H27PS2. The van der Waals surface area contributed by atoms with E-state index < -0.39 is 6.33 Å². The minimum absolute atomic E-state index is 0.0881. The minimum Gasteiger partial charge on any atom is -0.0852 e. The van der Waals surface area contributed by atoms with Crippen LogP contribution in [-0.4, -0.2) is 5.16 Å². The fraction of sp³-hybridized carbons (Fsp3) is 0.0588. The second kappa shape index (κ2) is 11.2. The lowest BCUT2D eigenvalue weighted by atomic mass is 9.87. The van der Waals surface area contributed by atoms with Gasteiger partial charge in [-0.05, 0) is 22.3 Å². The number of hydrogen-bond acceptors (Lipinski definition) is 2. The first-order valence-electron chi connectivity index (χ1n) is 12.5. The quantitative estimate of drug-likeness (QED) is 0.227. The molecule has 0 N–H and O–H groups in total. The van der Waals surface area contributed by atoms with Crippen LogP contribution in [0.25, 0.3) is 22.0 Å². The maximum absolute atomic E-state index is 2.56. The number of hydrogen-bond donors (Lipinski definition) is 0. The SMILES string of the molecule is C1=C(c2ccccc2)SP2SC(c3ccccc3)=CC2(/C=C/c2ccccc2)C1/C=C/c1ccccc1. The van der Waals surface area contributed by atoms with E-state index in [0.29, 0.717) is 0 Å². The lowest BCUT2D eigenvalue weighted by Gasteiger charge is -2.40. The monoisotopic (exact) mass is 530 g/mol. The van der Waals surface area contributed by atoms with Crippen LogP contribution < -0.4 is 0 Å². The normalized spacial score (nSPS) is 23.1. The molecule has 0 nitrogen and oxygen atoms in total. The molecule has 6 rings (SSSR count). The fourth-order valence-electron chi connectivity index (χ4n) is 4.68. The first kappa shape index (κ1) is 24.3. The molecule has 0 saturated heterocycles. The van der Waals surface area contributed by atoms with Crippen molar-refractivity contribution in [2.24, 2.45) is 5.92 Å². The molecular weight excluding hydrogens is 503 g/mol. The Bertz CT molecular complexity index is 1420. The van der Waals surface area contributed by atoms with Gasteiger partial charge in [0.25, 0.3) is 0 Å². The third-order valence-electron chi connectivity index (χ3n) is 6.66. The van der Waals surface area contributed by atoms with Gasteiger partial charge in [-0.15, -0.1) is 0 Å². The van der Waals surface area contributed by atoms with Crippen LogP contribution in [0.1, 0.15) is 22.3 Å². The van der Waals surface area contributed by atoms with Crippen LogP contribution in [0.3, 0.4) is 0 Å². The smallest absolute Gasteiger partial charge is 0.0570 e. The van der Waals surface area contributed by atoms with Gasteiger partial charge in [-0.3, -0.25) is 0 Å². The molecule has 37 heavy (non-hydrogen) atoms. The summed E-state index contributed by atoms with van der Waals surface area (Å²) in [4.78, 5) is 2.77. The summed E-state index contributed by atoms with van der Waals surface area (Å²) in [7, 11) is 0. The van der Waals surface area contributed by atoms with Gasteiger partial charge in [-0.25, -0.2) is 0 Å². The highest BCUT2D eigenvalue weighted by atomic mass is 33.1. The molecule has 3 atom stereocenters. The summed E-state index contributed by atoms with van der Waals surface area (Å²) < 4.78 is 0. The van der Waals surface area contributed by atoms with Crippen molar-refractivity contribution in [2.45, 2.75) is 5.16 Å². The lowest BCUT2D eigenvalue weighted by Crippen LogP contribution is -2.28. The molecule has 3 unspecified atom stereocenters. The van der Waals surface area contributed by atoms with Crippen LogP contribution >= 0.6 is 29.1 Å². The Balaban J connectivity index is 1.49. The van der Waals surface area contributed by atoms with Crippen molar-refractivity contribution in [2.75, 3.05) is 0 Å². The zero-order valence-corrected chi connectivity index (χ0v) is 22.9. The van der Waals surface area contributed by atoms with Crippen molar-refractivity contribution in [3.05, 3.63) is 168 Å². The van der Waals surface area contributed by atoms with Crippen LogP contribution in [-0.2, 0) is 0 Å². The third-order valence-corrected chi connectivity index (χ3v) is 14.7. The van der Waals surface area contributed by atoms with Crippen LogP contribution in [0.5, 0.6) is 0 Å². The Labute approximate surface area is 229 Å². The Morgan fingerprint density at radius 2 is 1.05 bits per heavy atom. The molecule has 0 amide bonds. The van der Waals surface area contributed by atoms with Crippen LogP contribution in [0.15, 0.2) is 146 Å². The van der Waals surface area contributed by atoms with E-state index in [9.17, 15) is 0 Å². The summed E-state index contributed by atoms with van der Waals surface area (Å²) in [6.45, 7) is 0. The summed E-state index contributed by atoms with van der Waals surface area (Å²) in [6.07, 6.45) is 14.1. The number of benzene rings is 4. The van der Waals surface area contributed by atoms with Crippen molar-refractivity contribution in [3.8, 4) is 0 Å². The topological polar surface area (TPSA) is 0 Å². The van der Waals surface area contributed by atoms with E-state index in [4.69, 9.17) is 0 Å². The van der Waals surface area contributed by atoms with Crippen molar-refractivity contribution >= 4 is 51.1 Å². The summed E-state index contributed by atoms with van der Waals surface area (Å²) in [6, 6.07) is 43.1. The van der Waals surface area contributed by atoms with Gasteiger partial charge >= 0.3 is 0 Å². The van der Waals surface area contributed by atoms with Crippen molar-refractivity contribution in [1.29, 1.82) is 0 Å². The van der Waals surface area contributed by atoms with Gasteiger partial charge in [-0.2, -0.15) is 0 Å². The largest absolute Gasteiger partial charge is 0.0852 e. The summed E-state index contributed by atoms with van der Waals surface area (Å²) in [5, 5.41) is -0.0881. The van der Waals surface area contributed by atoms with Gasteiger partial charge in [0.15, 0.2) is 0 Å². The second-order valence-electron chi connectivity index (χ2n) is 9.14. The standard InChI is InChI=1S/C34H27PS2/c1-5-13-27(14-6-1)21-22-31-25-32(29-17-9-3-10-18-29)36-35-34(31,24-23-28-15-7-2-8-16-28)26-33(37-35)30-19-11-4-12-20-30/h1-26,31H/b22-21+,24-23+. The second-order valence-corrected chi connectivity index (χ2v) is 15.7. The highest BCUT2D eigenvalue weighted by Crippen LogP contribution is 2.83. The van der Waals surface area contributed by atoms with Crippen molar-refractivity contribution < 1.29 is 0 Å². The Hall–Kier alpha value is -3.03. The minimum atomic E-state index is -0.511. The van der Waals surface area contributed by atoms with E-state index in [1.165, 1.54) is 32.1 Å². The van der Waals surface area contributed by atoms with E-state index in [0.717, 1.165) is 0 Å². The fourth-order valence-corrected chi connectivity index (χ4v) is 13.6. The molecule has 2 heterocycles. The highest BCUT2D eigenvalue weighted by molar-refractivity contribution is 8.93. The maximum Gasteiger partial charge on any atom is 0.0570 e. The summed E-state index contributed by atoms with van der Waals surface area (Å²) in [5.41, 5.74) is 5.10. The zero-order chi connectivity index (χ0) is 24.9. The van der Waals surface area contributed by atoms with E-state index in [-0.39, 0.29) is 11.1 Å². The van der Waals surface area contributed by atoms with Crippen LogP contribution in [0.2, 0.25) is 0 Å². The molecule has 0 aliphatic carbocycles. The summed E-state index contributed by atoms with van der Waals surface area (Å²) in [5.74, 6) is 0.240. The zero-order valence-electron chi connectivity index (χ0n) is 20.4. The molecule has 0 aromatic heterocycles. The molecule has 0 fully saturated rings. The van der Waals surface area contributed by atoms with Crippen LogP contribution in [0, 0.1) is 5.92 Å². The molecule has 4 aromatic rings. The predicted molar refractivity (Wildman–Crippen MR) is 168 cm³/mol. The predicted octanol–water partition coefficient (Wildman–Crippen LogP) is 10.7. The van der Waals surface area contributed by atoms with Gasteiger partial charge in [0.2, 0.25) is 0 Å². The third kappa shape index (κ3) is 5.34. The Kier molecular flexibility index (Phi) is 7.33. The first-order chi connectivity index (χ1) is 18.3. The van der Waals surface area contributed by atoms with Gasteiger partial charge in [0, 0.05) is 22.1 Å². The molecule has 0 saturated carbocycles. The van der Waals surface area contributed by atoms with E-state index in [2.05, 4.69) is 181 Å². The summed E-state index contributed by atoms with van der Waals surface area (Å²) >= 11 is 4.13. The maximum atomic E-state index is 2.56. The van der Waals surface area contributed by atoms with E-state index in [1.54, 1.807) is 0 Å². The average molecular weight is 531 g/mol. The van der Waals surface area contributed by atoms with E-state index in [1.807, 2.05) is 0 Å². The molecule has 2 aliphatic heterocycles. The van der Waals surface area contributed by atoms with Gasteiger partial charge in [0.1, 0.15) is 0 Å². The average Bonchev–Trinajstić information content (AvgIpc) is 3.37. The molecule has 0 bridgehead atoms. The van der Waals surface area contributed by atoms with Crippen LogP contribution in [0.4, 0.5) is 0 Å². The molecule has 0 radical (unpaired) electrons. The van der Waals surface area contributed by atoms with Crippen molar-refractivity contribution in [3.63, 3.8) is 0 Å². The van der Waals surface area contributed by atoms with E-state index >= 15 is 0 Å². The molecule has 180 valence electrons.